The monoisotopic (exact) mass is 786 g/mol. The minimum absolute atomic E-state index is 0.0175. The van der Waals surface area contributed by atoms with Crippen molar-refractivity contribution in [2.24, 2.45) is 73.9 Å². The van der Waals surface area contributed by atoms with Crippen LogP contribution in [0.25, 0.3) is 0 Å². The van der Waals surface area contributed by atoms with E-state index in [1.165, 1.54) is 24.8 Å². The van der Waals surface area contributed by atoms with E-state index in [2.05, 4.69) is 78.8 Å². The zero-order valence-electron chi connectivity index (χ0n) is 37.4. The highest BCUT2D eigenvalue weighted by atomic mass is 16.5. The van der Waals surface area contributed by atoms with E-state index < -0.39 is 17.3 Å². The van der Waals surface area contributed by atoms with Crippen molar-refractivity contribution in [2.45, 2.75) is 177 Å². The first-order valence-electron chi connectivity index (χ1n) is 22.9. The highest BCUT2D eigenvalue weighted by Crippen LogP contribution is 2.78. The Kier molecular flexibility index (Phi) is 9.50. The Balaban J connectivity index is 1.05. The van der Waals surface area contributed by atoms with Gasteiger partial charge in [-0.15, -0.1) is 0 Å². The van der Waals surface area contributed by atoms with Crippen molar-refractivity contribution < 1.29 is 24.2 Å². The van der Waals surface area contributed by atoms with Gasteiger partial charge in [-0.25, -0.2) is 4.98 Å². The first kappa shape index (κ1) is 41.1. The van der Waals surface area contributed by atoms with Crippen LogP contribution in [-0.4, -0.2) is 50.5 Å². The number of H-pyrrole nitrogens is 1. The second-order valence-corrected chi connectivity index (χ2v) is 23.7. The van der Waals surface area contributed by atoms with Crippen molar-refractivity contribution in [3.05, 3.63) is 29.9 Å². The largest absolute Gasteiger partial charge is 0.481 e. The number of nitrogens with one attached hydrogen (secondary N) is 1. The van der Waals surface area contributed by atoms with Gasteiger partial charge in [0, 0.05) is 29.3 Å². The molecule has 7 fully saturated rings. The molecule has 0 spiro atoms. The molecule has 3 unspecified atom stereocenters. The molecule has 0 aromatic carbocycles. The fourth-order valence-corrected chi connectivity index (χ4v) is 16.1. The summed E-state index contributed by atoms with van der Waals surface area (Å²) in [5, 5.41) is 9.69. The summed E-state index contributed by atoms with van der Waals surface area (Å²) in [6.07, 6.45) is 14.8. The predicted molar refractivity (Wildman–Crippen MR) is 223 cm³/mol. The minimum atomic E-state index is -0.815. The van der Waals surface area contributed by atoms with Crippen LogP contribution in [0.3, 0.4) is 0 Å². The number of nitrogens with zero attached hydrogens (tertiary/aromatic N) is 2. The number of carboxylic acid groups (broad SMARTS) is 1. The molecular weight excluding hydrogens is 711 g/mol. The van der Waals surface area contributed by atoms with Gasteiger partial charge in [-0.2, -0.15) is 0 Å². The van der Waals surface area contributed by atoms with Crippen LogP contribution in [0.1, 0.15) is 177 Å². The number of hydrogen-bond donors (Lipinski definition) is 2. The molecule has 0 radical (unpaired) electrons. The van der Waals surface area contributed by atoms with Crippen molar-refractivity contribution >= 4 is 17.8 Å². The van der Waals surface area contributed by atoms with Crippen LogP contribution in [0.2, 0.25) is 0 Å². The Labute approximate surface area is 343 Å². The number of fused-ring (bicyclic) bond motifs is 7. The lowest BCUT2D eigenvalue weighted by molar-refractivity contribution is -0.251. The highest BCUT2D eigenvalue weighted by molar-refractivity contribution is 5.85. The van der Waals surface area contributed by atoms with Crippen LogP contribution in [-0.2, 0) is 24.5 Å². The highest BCUT2D eigenvalue weighted by Gasteiger charge is 2.72. The topological polar surface area (TPSA) is 113 Å². The number of carboxylic acids is 1. The van der Waals surface area contributed by atoms with Crippen LogP contribution in [0, 0.1) is 73.9 Å². The first-order valence-corrected chi connectivity index (χ1v) is 22.9. The van der Waals surface area contributed by atoms with E-state index in [1.54, 1.807) is 0 Å². The number of aromatic nitrogens is 2. The zero-order valence-corrected chi connectivity index (χ0v) is 37.4. The molecule has 13 atom stereocenters. The van der Waals surface area contributed by atoms with Crippen LogP contribution in [0.4, 0.5) is 0 Å². The maximum absolute atomic E-state index is 15.5. The third-order valence-electron chi connectivity index (χ3n) is 19.8. The van der Waals surface area contributed by atoms with E-state index in [0.29, 0.717) is 41.9 Å². The molecule has 1 aromatic heterocycles. The number of ether oxygens (including phenoxy) is 1. The minimum Gasteiger partial charge on any atom is -0.481 e. The maximum atomic E-state index is 15.5. The molecule has 2 heterocycles. The van der Waals surface area contributed by atoms with Gasteiger partial charge in [0.2, 0.25) is 5.91 Å². The normalized spacial score (nSPS) is 44.5. The molecule has 1 saturated heterocycles. The quantitative estimate of drug-likeness (QED) is 0.219. The van der Waals surface area contributed by atoms with Crippen molar-refractivity contribution in [1.82, 2.24) is 14.9 Å². The standard InChI is InChI=1S/C49H75N3O5/c1-28(2)29-17-22-49(42(56)52-25-13-14-33(52)39-50-27-36(51-39)43(3,4)5)24-23-47(11)30(38(29)49)15-16-35-46(10)20-19-37(45(8,9)34(46)18-21-48(35,47)12)57-41(55)32-26-31(40(53)54)44(32,6)7/h27,29-35,37-38H,1,13-26H2,2-12H3,(H,50,51)(H,53,54)/t29-,30+,31-,32+,33-,34?,35?,37-,38?,46-,47+,48+,49-/m0/s1. The number of hydrogen-bond acceptors (Lipinski definition) is 5. The third kappa shape index (κ3) is 5.68. The fourth-order valence-electron chi connectivity index (χ4n) is 16.1. The van der Waals surface area contributed by atoms with Crippen LogP contribution >= 0.6 is 0 Å². The molecule has 8 nitrogen and oxygen atoms in total. The molecular formula is C49H75N3O5. The number of carbonyl (C=O) groups excluding carboxylic acids is 2. The number of amides is 1. The van der Waals surface area contributed by atoms with E-state index in [4.69, 9.17) is 9.72 Å². The predicted octanol–water partition coefficient (Wildman–Crippen LogP) is 10.7. The van der Waals surface area contributed by atoms with E-state index in [-0.39, 0.29) is 56.5 Å². The summed E-state index contributed by atoms with van der Waals surface area (Å²) in [5.41, 5.74) is 1.65. The lowest BCUT2D eigenvalue weighted by Crippen LogP contribution is -2.67. The second kappa shape index (κ2) is 13.2. The average molecular weight is 786 g/mol. The SMILES string of the molecule is C=C(C)[C@@H]1CC[C@]2(C(=O)N3CCC[C@H]3c3ncc(C(C)(C)C)[nH]3)CC[C@]3(C)[C@H](CCC4[C@@]5(C)CC[C@H](OC(=O)[C@H]6C[C@@H](C(=O)O)C6(C)C)C(C)(C)C5CC[C@]43C)C12. The van der Waals surface area contributed by atoms with Gasteiger partial charge >= 0.3 is 11.9 Å². The van der Waals surface area contributed by atoms with Crippen LogP contribution in [0.15, 0.2) is 18.3 Å². The molecule has 7 aliphatic rings. The Hall–Kier alpha value is -2.64. The third-order valence-corrected chi connectivity index (χ3v) is 19.8. The van der Waals surface area contributed by atoms with Crippen LogP contribution in [0.5, 0.6) is 0 Å². The summed E-state index contributed by atoms with van der Waals surface area (Å²) in [5.74, 6) is 1.65. The summed E-state index contributed by atoms with van der Waals surface area (Å²) in [4.78, 5) is 51.7. The first-order chi connectivity index (χ1) is 26.4. The van der Waals surface area contributed by atoms with Gasteiger partial charge in [-0.05, 0) is 142 Å². The lowest BCUT2D eigenvalue weighted by atomic mass is 9.32. The van der Waals surface area contributed by atoms with E-state index in [0.717, 1.165) is 75.9 Å². The molecule has 8 heteroatoms. The molecule has 2 N–H and O–H groups in total. The van der Waals surface area contributed by atoms with Gasteiger partial charge in [0.15, 0.2) is 0 Å². The molecule has 6 aliphatic carbocycles. The van der Waals surface area contributed by atoms with Gasteiger partial charge in [0.05, 0.1) is 23.3 Å². The smallest absolute Gasteiger partial charge is 0.309 e. The van der Waals surface area contributed by atoms with Crippen molar-refractivity contribution in [2.75, 3.05) is 6.54 Å². The maximum Gasteiger partial charge on any atom is 0.309 e. The van der Waals surface area contributed by atoms with E-state index >= 15 is 4.79 Å². The van der Waals surface area contributed by atoms with Crippen molar-refractivity contribution in [3.63, 3.8) is 0 Å². The number of rotatable bonds is 6. The molecule has 6 saturated carbocycles. The fraction of sp³-hybridized carbons (Fsp3) is 0.837. The van der Waals surface area contributed by atoms with Gasteiger partial charge in [0.25, 0.3) is 0 Å². The summed E-state index contributed by atoms with van der Waals surface area (Å²) in [6, 6.07) is 0.0175. The summed E-state index contributed by atoms with van der Waals surface area (Å²) in [6.45, 7) is 30.7. The number of esters is 1. The van der Waals surface area contributed by atoms with E-state index in [9.17, 15) is 14.7 Å². The number of aliphatic carboxylic acids is 1. The van der Waals surface area contributed by atoms with Gasteiger partial charge in [-0.1, -0.05) is 81.4 Å². The molecule has 316 valence electrons. The Morgan fingerprint density at radius 2 is 1.58 bits per heavy atom. The lowest BCUT2D eigenvalue weighted by Gasteiger charge is -2.73. The summed E-state index contributed by atoms with van der Waals surface area (Å²) >= 11 is 0. The Bertz CT molecular complexity index is 1820. The van der Waals surface area contributed by atoms with E-state index in [1.807, 2.05) is 20.0 Å². The molecule has 8 rings (SSSR count). The number of allylic oxidation sites excluding steroid dienone is 1. The summed E-state index contributed by atoms with van der Waals surface area (Å²) in [7, 11) is 0. The number of carbonyl (C=O) groups is 3. The number of aromatic amines is 1. The molecule has 57 heavy (non-hydrogen) atoms. The number of likely N-dealkylation sites (tertiary alicyclic amines) is 1. The molecule has 1 aliphatic heterocycles. The van der Waals surface area contributed by atoms with Gasteiger partial charge in [0.1, 0.15) is 11.9 Å². The zero-order chi connectivity index (χ0) is 41.5. The average Bonchev–Trinajstić information content (AvgIpc) is 3.88. The Morgan fingerprint density at radius 3 is 2.21 bits per heavy atom. The van der Waals surface area contributed by atoms with Crippen molar-refractivity contribution in [1.29, 1.82) is 0 Å². The van der Waals surface area contributed by atoms with Gasteiger partial charge in [-0.3, -0.25) is 14.4 Å². The summed E-state index contributed by atoms with van der Waals surface area (Å²) < 4.78 is 6.46. The molecule has 1 amide bonds. The van der Waals surface area contributed by atoms with Crippen LogP contribution < -0.4 is 0 Å². The Morgan fingerprint density at radius 1 is 0.860 bits per heavy atom. The second-order valence-electron chi connectivity index (χ2n) is 23.7. The van der Waals surface area contributed by atoms with Gasteiger partial charge < -0.3 is 19.7 Å². The van der Waals surface area contributed by atoms with Crippen molar-refractivity contribution in [3.8, 4) is 0 Å². The molecule has 0 bridgehead atoms. The molecule has 1 aromatic rings. The number of imidazole rings is 1.